The molecule has 1 rings (SSSR count). The van der Waals surface area contributed by atoms with Crippen molar-refractivity contribution < 1.29 is 4.79 Å². The van der Waals surface area contributed by atoms with E-state index >= 15 is 0 Å². The Bertz CT molecular complexity index is 164. The summed E-state index contributed by atoms with van der Waals surface area (Å²) in [7, 11) is 0. The number of hydrogen-bond acceptors (Lipinski definition) is 2. The molecule has 0 bridgehead atoms. The monoisotopic (exact) mass is 190 g/mol. The summed E-state index contributed by atoms with van der Waals surface area (Å²) in [6.07, 6.45) is 0. The van der Waals surface area contributed by atoms with Crippen LogP contribution < -0.4 is 0 Å². The largest absolute Gasteiger partial charge is 0.327 e. The molecular formula is C8H15ClN2O. The number of amides is 1. The Morgan fingerprint density at radius 2 is 1.75 bits per heavy atom. The molecular weight excluding hydrogens is 176 g/mol. The molecule has 4 heteroatoms. The van der Waals surface area contributed by atoms with Gasteiger partial charge in [0.1, 0.15) is 0 Å². The molecule has 0 aromatic carbocycles. The maximum absolute atomic E-state index is 10.7. The van der Waals surface area contributed by atoms with Gasteiger partial charge in [-0.15, -0.1) is 0 Å². The van der Waals surface area contributed by atoms with Crippen LogP contribution in [0, 0.1) is 0 Å². The van der Waals surface area contributed by atoms with Gasteiger partial charge in [-0.3, -0.25) is 9.69 Å². The van der Waals surface area contributed by atoms with Crippen molar-refractivity contribution in [3.8, 4) is 0 Å². The van der Waals surface area contributed by atoms with Crippen LogP contribution in [0.1, 0.15) is 13.8 Å². The van der Waals surface area contributed by atoms with Crippen molar-refractivity contribution >= 4 is 17.0 Å². The number of hydrogen-bond donors (Lipinski definition) is 0. The third-order valence-corrected chi connectivity index (χ3v) is 2.53. The third-order valence-electron chi connectivity index (χ3n) is 2.29. The lowest BCUT2D eigenvalue weighted by molar-refractivity contribution is 0.130. The van der Waals surface area contributed by atoms with Gasteiger partial charge in [0.25, 0.3) is 0 Å². The second-order valence-corrected chi connectivity index (χ2v) is 3.69. The van der Waals surface area contributed by atoms with E-state index < -0.39 is 0 Å². The van der Waals surface area contributed by atoms with Gasteiger partial charge in [0.15, 0.2) is 0 Å². The summed E-state index contributed by atoms with van der Waals surface area (Å²) in [5.41, 5.74) is 0. The molecule has 0 unspecified atom stereocenters. The molecule has 0 saturated carbocycles. The van der Waals surface area contributed by atoms with E-state index in [-0.39, 0.29) is 5.37 Å². The second-order valence-electron chi connectivity index (χ2n) is 3.37. The molecule has 1 aliphatic rings. The number of piperazine rings is 1. The average molecular weight is 191 g/mol. The quantitative estimate of drug-likeness (QED) is 0.461. The lowest BCUT2D eigenvalue weighted by Crippen LogP contribution is -2.49. The number of carbonyl (C=O) groups is 1. The number of carbonyl (C=O) groups excluding carboxylic acids is 1. The van der Waals surface area contributed by atoms with E-state index in [1.54, 1.807) is 4.90 Å². The normalized spacial score (nSPS) is 20.2. The highest BCUT2D eigenvalue weighted by Gasteiger charge is 2.20. The van der Waals surface area contributed by atoms with Crippen LogP contribution in [-0.2, 0) is 0 Å². The van der Waals surface area contributed by atoms with Crippen LogP contribution >= 0.6 is 11.6 Å². The van der Waals surface area contributed by atoms with Crippen LogP contribution in [0.25, 0.3) is 0 Å². The van der Waals surface area contributed by atoms with Crippen LogP contribution in [0.3, 0.4) is 0 Å². The maximum Gasteiger partial charge on any atom is 0.316 e. The summed E-state index contributed by atoms with van der Waals surface area (Å²) < 4.78 is 0. The molecule has 1 aliphatic heterocycles. The minimum atomic E-state index is -0.321. The molecule has 0 aromatic rings. The Morgan fingerprint density at radius 1 is 1.25 bits per heavy atom. The first-order valence-electron chi connectivity index (χ1n) is 4.29. The summed E-state index contributed by atoms with van der Waals surface area (Å²) in [5.74, 6) is 0. The SMILES string of the molecule is CC(C)N1CCN(C(=O)Cl)CC1. The maximum atomic E-state index is 10.7. The molecule has 1 amide bonds. The second kappa shape index (κ2) is 4.10. The standard InChI is InChI=1S/C8H15ClN2O/c1-7(2)10-3-5-11(6-4-10)8(9)12/h7H,3-6H2,1-2H3. The third kappa shape index (κ3) is 2.35. The van der Waals surface area contributed by atoms with Crippen molar-refractivity contribution in [3.05, 3.63) is 0 Å². The molecule has 1 saturated heterocycles. The van der Waals surface area contributed by atoms with Gasteiger partial charge >= 0.3 is 5.37 Å². The lowest BCUT2D eigenvalue weighted by Gasteiger charge is -2.35. The molecule has 12 heavy (non-hydrogen) atoms. The summed E-state index contributed by atoms with van der Waals surface area (Å²) in [6.45, 7) is 7.74. The highest BCUT2D eigenvalue weighted by Crippen LogP contribution is 2.07. The predicted molar refractivity (Wildman–Crippen MR) is 49.5 cm³/mol. The number of nitrogens with zero attached hydrogens (tertiary/aromatic N) is 2. The molecule has 0 spiro atoms. The van der Waals surface area contributed by atoms with Gasteiger partial charge in [-0.25, -0.2) is 0 Å². The van der Waals surface area contributed by atoms with Crippen LogP contribution in [-0.4, -0.2) is 47.4 Å². The number of rotatable bonds is 1. The van der Waals surface area contributed by atoms with Gasteiger partial charge < -0.3 is 4.90 Å². The van der Waals surface area contributed by atoms with Crippen LogP contribution in [0.4, 0.5) is 4.79 Å². The van der Waals surface area contributed by atoms with E-state index in [1.165, 1.54) is 0 Å². The first-order valence-corrected chi connectivity index (χ1v) is 4.67. The summed E-state index contributed by atoms with van der Waals surface area (Å²) in [6, 6.07) is 0.567. The Balaban J connectivity index is 2.34. The highest BCUT2D eigenvalue weighted by atomic mass is 35.5. The fourth-order valence-electron chi connectivity index (χ4n) is 1.41. The average Bonchev–Trinajstić information content (AvgIpc) is 2.04. The highest BCUT2D eigenvalue weighted by molar-refractivity contribution is 6.62. The molecule has 0 radical (unpaired) electrons. The molecule has 0 aromatic heterocycles. The molecule has 70 valence electrons. The van der Waals surface area contributed by atoms with Gasteiger partial charge in [-0.05, 0) is 25.4 Å². The van der Waals surface area contributed by atoms with Crippen molar-refractivity contribution in [1.29, 1.82) is 0 Å². The van der Waals surface area contributed by atoms with E-state index in [0.717, 1.165) is 26.2 Å². The van der Waals surface area contributed by atoms with E-state index in [2.05, 4.69) is 18.7 Å². The van der Waals surface area contributed by atoms with Crippen molar-refractivity contribution in [1.82, 2.24) is 9.80 Å². The minimum Gasteiger partial charge on any atom is -0.327 e. The molecule has 0 N–H and O–H groups in total. The van der Waals surface area contributed by atoms with Crippen molar-refractivity contribution in [3.63, 3.8) is 0 Å². The number of halogens is 1. The molecule has 0 aliphatic carbocycles. The first-order chi connectivity index (χ1) is 5.61. The van der Waals surface area contributed by atoms with Gasteiger partial charge in [0, 0.05) is 32.2 Å². The van der Waals surface area contributed by atoms with Crippen LogP contribution in [0.2, 0.25) is 0 Å². The summed E-state index contributed by atoms with van der Waals surface area (Å²) in [5, 5.41) is -0.321. The predicted octanol–water partition coefficient (Wildman–Crippen LogP) is 1.37. The fraction of sp³-hybridized carbons (Fsp3) is 0.875. The van der Waals surface area contributed by atoms with Gasteiger partial charge in [0.2, 0.25) is 0 Å². The summed E-state index contributed by atoms with van der Waals surface area (Å²) >= 11 is 5.35. The minimum absolute atomic E-state index is 0.321. The zero-order valence-electron chi connectivity index (χ0n) is 7.59. The summed E-state index contributed by atoms with van der Waals surface area (Å²) in [4.78, 5) is 14.8. The molecule has 1 heterocycles. The zero-order chi connectivity index (χ0) is 9.14. The Kier molecular flexibility index (Phi) is 3.35. The fourth-order valence-corrected chi connectivity index (χ4v) is 1.58. The van der Waals surface area contributed by atoms with E-state index in [9.17, 15) is 4.79 Å². The van der Waals surface area contributed by atoms with E-state index in [1.807, 2.05) is 0 Å². The molecule has 3 nitrogen and oxygen atoms in total. The van der Waals surface area contributed by atoms with Gasteiger partial charge in [-0.1, -0.05) is 0 Å². The van der Waals surface area contributed by atoms with Crippen molar-refractivity contribution in [2.24, 2.45) is 0 Å². The molecule has 1 fully saturated rings. The topological polar surface area (TPSA) is 23.6 Å². The van der Waals surface area contributed by atoms with Gasteiger partial charge in [-0.2, -0.15) is 0 Å². The lowest BCUT2D eigenvalue weighted by atomic mass is 10.2. The van der Waals surface area contributed by atoms with Gasteiger partial charge in [0.05, 0.1) is 0 Å². The van der Waals surface area contributed by atoms with Crippen LogP contribution in [0.5, 0.6) is 0 Å². The van der Waals surface area contributed by atoms with Crippen molar-refractivity contribution in [2.45, 2.75) is 19.9 Å². The Labute approximate surface area is 78.3 Å². The van der Waals surface area contributed by atoms with E-state index in [0.29, 0.717) is 6.04 Å². The Morgan fingerprint density at radius 3 is 2.08 bits per heavy atom. The van der Waals surface area contributed by atoms with E-state index in [4.69, 9.17) is 11.6 Å². The zero-order valence-corrected chi connectivity index (χ0v) is 8.34. The first kappa shape index (κ1) is 9.81. The molecule has 0 atom stereocenters. The smallest absolute Gasteiger partial charge is 0.316 e. The Hall–Kier alpha value is -0.280. The van der Waals surface area contributed by atoms with Crippen molar-refractivity contribution in [2.75, 3.05) is 26.2 Å². The van der Waals surface area contributed by atoms with Crippen LogP contribution in [0.15, 0.2) is 0 Å².